The second-order valence-electron chi connectivity index (χ2n) is 8.52. The number of carboxylic acids is 1. The Balaban J connectivity index is 1.68. The lowest BCUT2D eigenvalue weighted by Crippen LogP contribution is -2.29. The van der Waals surface area contributed by atoms with Crippen LogP contribution in [-0.2, 0) is 11.2 Å². The topological polar surface area (TPSA) is 85.2 Å². The van der Waals surface area contributed by atoms with Crippen molar-refractivity contribution >= 4 is 27.4 Å². The SMILES string of the molecule is COc1cc(C(O)C(Cc2cc3c(C(=O)O)cccc3s2)OC2CCCC2)cc(OC)c1C. The Morgan fingerprint density at radius 3 is 2.39 bits per heavy atom. The van der Waals surface area contributed by atoms with E-state index in [2.05, 4.69) is 0 Å². The van der Waals surface area contributed by atoms with E-state index < -0.39 is 18.2 Å². The first kappa shape index (κ1) is 23.5. The molecule has 2 atom stereocenters. The zero-order valence-corrected chi connectivity index (χ0v) is 20.0. The summed E-state index contributed by atoms with van der Waals surface area (Å²) < 4.78 is 18.4. The van der Waals surface area contributed by atoms with Crippen LogP contribution in [0.3, 0.4) is 0 Å². The fraction of sp³-hybridized carbons (Fsp3) is 0.423. The molecule has 4 rings (SSSR count). The van der Waals surface area contributed by atoms with Gasteiger partial charge >= 0.3 is 5.97 Å². The summed E-state index contributed by atoms with van der Waals surface area (Å²) in [7, 11) is 3.20. The molecule has 2 unspecified atom stereocenters. The van der Waals surface area contributed by atoms with E-state index in [0.717, 1.165) is 46.2 Å². The zero-order valence-electron chi connectivity index (χ0n) is 19.2. The number of ether oxygens (including phenoxy) is 3. The molecule has 7 heteroatoms. The quantitative estimate of drug-likeness (QED) is 0.428. The van der Waals surface area contributed by atoms with Gasteiger partial charge in [-0.1, -0.05) is 18.9 Å². The Hall–Kier alpha value is -2.61. The molecule has 1 saturated carbocycles. The monoisotopic (exact) mass is 470 g/mol. The molecule has 1 aromatic heterocycles. The highest BCUT2D eigenvalue weighted by atomic mass is 32.1. The third-order valence-electron chi connectivity index (χ3n) is 6.38. The molecular formula is C26H30O6S. The van der Waals surface area contributed by atoms with Crippen molar-refractivity contribution in [1.29, 1.82) is 0 Å². The molecule has 1 aliphatic carbocycles. The van der Waals surface area contributed by atoms with Crippen molar-refractivity contribution in [2.24, 2.45) is 0 Å². The third-order valence-corrected chi connectivity index (χ3v) is 7.51. The van der Waals surface area contributed by atoms with Crippen molar-refractivity contribution in [3.63, 3.8) is 0 Å². The molecule has 3 aromatic rings. The minimum absolute atomic E-state index is 0.114. The number of rotatable bonds is 9. The molecule has 0 aliphatic heterocycles. The smallest absolute Gasteiger partial charge is 0.336 e. The molecule has 2 aromatic carbocycles. The summed E-state index contributed by atoms with van der Waals surface area (Å²) >= 11 is 1.54. The number of aromatic carboxylic acids is 1. The van der Waals surface area contributed by atoms with Crippen LogP contribution in [0.4, 0.5) is 0 Å². The predicted molar refractivity (Wildman–Crippen MR) is 129 cm³/mol. The normalized spacial score (nSPS) is 16.1. The first-order chi connectivity index (χ1) is 15.9. The van der Waals surface area contributed by atoms with Crippen molar-refractivity contribution in [2.75, 3.05) is 14.2 Å². The van der Waals surface area contributed by atoms with Crippen LogP contribution < -0.4 is 9.47 Å². The van der Waals surface area contributed by atoms with Crippen LogP contribution >= 0.6 is 11.3 Å². The fourth-order valence-electron chi connectivity index (χ4n) is 4.60. The largest absolute Gasteiger partial charge is 0.496 e. The molecular weight excluding hydrogens is 440 g/mol. The van der Waals surface area contributed by atoms with Crippen LogP contribution in [0.5, 0.6) is 11.5 Å². The Morgan fingerprint density at radius 1 is 1.12 bits per heavy atom. The number of hydrogen-bond acceptors (Lipinski definition) is 6. The van der Waals surface area contributed by atoms with Gasteiger partial charge in [-0.15, -0.1) is 11.3 Å². The fourth-order valence-corrected chi connectivity index (χ4v) is 5.73. The second kappa shape index (κ2) is 10.1. The minimum Gasteiger partial charge on any atom is -0.496 e. The van der Waals surface area contributed by atoms with Gasteiger partial charge in [-0.05, 0) is 55.7 Å². The van der Waals surface area contributed by atoms with E-state index in [-0.39, 0.29) is 11.7 Å². The summed E-state index contributed by atoms with van der Waals surface area (Å²) in [6, 6.07) is 10.9. The first-order valence-electron chi connectivity index (χ1n) is 11.2. The number of fused-ring (bicyclic) bond motifs is 1. The van der Waals surface area contributed by atoms with E-state index in [9.17, 15) is 15.0 Å². The molecule has 1 fully saturated rings. The van der Waals surface area contributed by atoms with E-state index in [1.807, 2.05) is 31.2 Å². The summed E-state index contributed by atoms with van der Waals surface area (Å²) in [5.41, 5.74) is 1.83. The molecule has 33 heavy (non-hydrogen) atoms. The molecule has 0 bridgehead atoms. The van der Waals surface area contributed by atoms with Gasteiger partial charge in [-0.2, -0.15) is 0 Å². The van der Waals surface area contributed by atoms with Crippen LogP contribution in [-0.4, -0.2) is 42.6 Å². The molecule has 1 heterocycles. The van der Waals surface area contributed by atoms with Crippen LogP contribution in [0.1, 0.15) is 58.1 Å². The van der Waals surface area contributed by atoms with Gasteiger partial charge in [0.05, 0.1) is 32.0 Å². The molecule has 176 valence electrons. The maximum Gasteiger partial charge on any atom is 0.336 e. The summed E-state index contributed by atoms with van der Waals surface area (Å²) in [5, 5.41) is 21.7. The van der Waals surface area contributed by atoms with Crippen molar-refractivity contribution in [3.8, 4) is 11.5 Å². The molecule has 1 aliphatic rings. The van der Waals surface area contributed by atoms with E-state index in [1.165, 1.54) is 0 Å². The van der Waals surface area contributed by atoms with Crippen LogP contribution in [0.2, 0.25) is 0 Å². The molecule has 0 radical (unpaired) electrons. The lowest BCUT2D eigenvalue weighted by atomic mass is 9.98. The van der Waals surface area contributed by atoms with Crippen molar-refractivity contribution in [3.05, 3.63) is 58.0 Å². The van der Waals surface area contributed by atoms with E-state index in [1.54, 1.807) is 37.7 Å². The van der Waals surface area contributed by atoms with E-state index in [4.69, 9.17) is 14.2 Å². The standard InChI is InChI=1S/C26H30O6S/c1-15-21(30-2)11-16(12-22(15)31-3)25(27)23(32-17-7-4-5-8-17)14-18-13-20-19(26(28)29)9-6-10-24(20)33-18/h6,9-13,17,23,25,27H,4-5,7-8,14H2,1-3H3,(H,28,29). The first-order valence-corrected chi connectivity index (χ1v) is 12.0. The number of aliphatic hydroxyl groups excluding tert-OH is 1. The summed E-state index contributed by atoms with van der Waals surface area (Å²) in [6.07, 6.45) is 3.45. The van der Waals surface area contributed by atoms with Crippen LogP contribution in [0, 0.1) is 6.92 Å². The van der Waals surface area contributed by atoms with Gasteiger partial charge in [0.1, 0.15) is 17.6 Å². The van der Waals surface area contributed by atoms with Gasteiger partial charge in [0.15, 0.2) is 0 Å². The Labute approximate surface area is 197 Å². The third kappa shape index (κ3) is 5.00. The summed E-state index contributed by atoms with van der Waals surface area (Å²) in [6.45, 7) is 1.91. The van der Waals surface area contributed by atoms with Crippen molar-refractivity contribution in [2.45, 2.75) is 57.3 Å². The number of hydrogen-bond donors (Lipinski definition) is 2. The van der Waals surface area contributed by atoms with Gasteiger partial charge in [0.25, 0.3) is 0 Å². The van der Waals surface area contributed by atoms with E-state index >= 15 is 0 Å². The van der Waals surface area contributed by atoms with Gasteiger partial charge in [-0.3, -0.25) is 0 Å². The highest BCUT2D eigenvalue weighted by Gasteiger charge is 2.29. The lowest BCUT2D eigenvalue weighted by Gasteiger charge is -2.27. The zero-order chi connectivity index (χ0) is 23.5. The molecule has 0 amide bonds. The van der Waals surface area contributed by atoms with Crippen molar-refractivity contribution in [1.82, 2.24) is 0 Å². The number of benzene rings is 2. The average molecular weight is 471 g/mol. The van der Waals surface area contributed by atoms with E-state index in [0.29, 0.717) is 23.5 Å². The molecule has 6 nitrogen and oxygen atoms in total. The number of carbonyl (C=O) groups is 1. The van der Waals surface area contributed by atoms with Gasteiger partial charge in [-0.25, -0.2) is 4.79 Å². The number of carboxylic acid groups (broad SMARTS) is 1. The van der Waals surface area contributed by atoms with Gasteiger partial charge in [0.2, 0.25) is 0 Å². The predicted octanol–water partition coefficient (Wildman–Crippen LogP) is 5.53. The maximum absolute atomic E-state index is 11.6. The molecule has 2 N–H and O–H groups in total. The Morgan fingerprint density at radius 2 is 1.79 bits per heavy atom. The number of aliphatic hydroxyl groups is 1. The number of thiophene rings is 1. The Kier molecular flexibility index (Phi) is 7.22. The highest BCUT2D eigenvalue weighted by Crippen LogP contribution is 2.37. The van der Waals surface area contributed by atoms with Crippen LogP contribution in [0.15, 0.2) is 36.4 Å². The van der Waals surface area contributed by atoms with Crippen LogP contribution in [0.25, 0.3) is 10.1 Å². The Bertz CT molecular complexity index is 1110. The van der Waals surface area contributed by atoms with Gasteiger partial charge in [0, 0.05) is 26.9 Å². The minimum atomic E-state index is -0.942. The van der Waals surface area contributed by atoms with Gasteiger partial charge < -0.3 is 24.4 Å². The van der Waals surface area contributed by atoms with Crippen molar-refractivity contribution < 1.29 is 29.2 Å². The maximum atomic E-state index is 11.6. The molecule has 0 saturated heterocycles. The summed E-state index contributed by atoms with van der Waals surface area (Å²) in [4.78, 5) is 12.6. The second-order valence-corrected chi connectivity index (χ2v) is 9.68. The number of methoxy groups -OCH3 is 2. The lowest BCUT2D eigenvalue weighted by molar-refractivity contribution is -0.0750. The molecule has 0 spiro atoms. The summed E-state index contributed by atoms with van der Waals surface area (Å²) in [5.74, 6) is 0.356. The highest BCUT2D eigenvalue weighted by molar-refractivity contribution is 7.19. The average Bonchev–Trinajstić information content (AvgIpc) is 3.47.